The number of Topliss-reactive ketones (excluding diaryl/α,β-unsaturated/α-hetero) is 1. The molecule has 64 valence electrons. The van der Waals surface area contributed by atoms with Crippen molar-refractivity contribution in [2.75, 3.05) is 5.73 Å². The van der Waals surface area contributed by atoms with Crippen molar-refractivity contribution < 1.29 is 4.79 Å². The fraction of sp³-hybridized carbons (Fsp3) is 0.300. The van der Waals surface area contributed by atoms with Gasteiger partial charge in [0, 0.05) is 11.3 Å². The number of hydrogen-bond acceptors (Lipinski definition) is 2. The lowest BCUT2D eigenvalue weighted by molar-refractivity contribution is 0.101. The van der Waals surface area contributed by atoms with Crippen LogP contribution in [-0.2, 0) is 0 Å². The number of ketones is 1. The van der Waals surface area contributed by atoms with E-state index < -0.39 is 0 Å². The predicted octanol–water partition coefficient (Wildman–Crippen LogP) is 2.09. The second kappa shape index (κ2) is 2.97. The normalized spacial score (nSPS) is 9.92. The van der Waals surface area contributed by atoms with E-state index in [1.54, 1.807) is 13.0 Å². The molecule has 1 aromatic carbocycles. The quantitative estimate of drug-likeness (QED) is 0.509. The summed E-state index contributed by atoms with van der Waals surface area (Å²) in [5.74, 6) is 0.0600. The summed E-state index contributed by atoms with van der Waals surface area (Å²) in [7, 11) is 0. The van der Waals surface area contributed by atoms with Gasteiger partial charge in [-0.25, -0.2) is 0 Å². The Morgan fingerprint density at radius 2 is 1.92 bits per heavy atom. The molecule has 0 aromatic heterocycles. The molecule has 0 radical (unpaired) electrons. The molecule has 0 spiro atoms. The van der Waals surface area contributed by atoms with Gasteiger partial charge in [-0.3, -0.25) is 4.79 Å². The molecule has 1 aromatic rings. The van der Waals surface area contributed by atoms with Gasteiger partial charge in [0.15, 0.2) is 5.78 Å². The number of nitrogen functional groups attached to an aromatic ring is 1. The van der Waals surface area contributed by atoms with Gasteiger partial charge in [-0.15, -0.1) is 0 Å². The zero-order valence-corrected chi connectivity index (χ0v) is 7.64. The Bertz CT molecular complexity index is 306. The van der Waals surface area contributed by atoms with Crippen LogP contribution in [0.2, 0.25) is 0 Å². The van der Waals surface area contributed by atoms with Crippen molar-refractivity contribution in [3.8, 4) is 0 Å². The first-order valence-corrected chi connectivity index (χ1v) is 3.90. The molecular formula is C10H13NO. The standard InChI is InChI=1S/C10H13NO/c1-6-4-9(8(3)12)5-10(11)7(6)2/h4-5H,11H2,1-3H3. The molecular weight excluding hydrogens is 150 g/mol. The van der Waals surface area contributed by atoms with Gasteiger partial charge in [-0.2, -0.15) is 0 Å². The summed E-state index contributed by atoms with van der Waals surface area (Å²) >= 11 is 0. The molecule has 0 aliphatic heterocycles. The highest BCUT2D eigenvalue weighted by atomic mass is 16.1. The fourth-order valence-electron chi connectivity index (χ4n) is 1.09. The summed E-state index contributed by atoms with van der Waals surface area (Å²) in [6, 6.07) is 3.60. The second-order valence-corrected chi connectivity index (χ2v) is 3.06. The summed E-state index contributed by atoms with van der Waals surface area (Å²) in [4.78, 5) is 11.0. The molecule has 0 heterocycles. The molecule has 0 saturated heterocycles. The molecule has 2 nitrogen and oxygen atoms in total. The van der Waals surface area contributed by atoms with Crippen LogP contribution in [0.4, 0.5) is 5.69 Å². The maximum absolute atomic E-state index is 11.0. The smallest absolute Gasteiger partial charge is 0.159 e. The minimum absolute atomic E-state index is 0.0600. The van der Waals surface area contributed by atoms with Crippen LogP contribution >= 0.6 is 0 Å². The van der Waals surface area contributed by atoms with E-state index in [4.69, 9.17) is 5.73 Å². The van der Waals surface area contributed by atoms with Crippen LogP contribution in [0.25, 0.3) is 0 Å². The lowest BCUT2D eigenvalue weighted by atomic mass is 10.0. The highest BCUT2D eigenvalue weighted by molar-refractivity contribution is 5.95. The van der Waals surface area contributed by atoms with Gasteiger partial charge in [0.05, 0.1) is 0 Å². The number of nitrogens with two attached hydrogens (primary N) is 1. The number of rotatable bonds is 1. The Labute approximate surface area is 72.4 Å². The van der Waals surface area contributed by atoms with Gasteiger partial charge in [-0.1, -0.05) is 0 Å². The van der Waals surface area contributed by atoms with Gasteiger partial charge < -0.3 is 5.73 Å². The average Bonchev–Trinajstić information content (AvgIpc) is 1.99. The molecule has 0 bridgehead atoms. The summed E-state index contributed by atoms with van der Waals surface area (Å²) in [5, 5.41) is 0. The Kier molecular flexibility index (Phi) is 2.18. The first-order chi connectivity index (χ1) is 5.52. The molecule has 0 amide bonds. The minimum atomic E-state index is 0.0600. The van der Waals surface area contributed by atoms with Crippen LogP contribution in [-0.4, -0.2) is 5.78 Å². The lowest BCUT2D eigenvalue weighted by Crippen LogP contribution is -1.98. The number of aryl methyl sites for hydroxylation is 1. The SMILES string of the molecule is CC(=O)c1cc(C)c(C)c(N)c1. The molecule has 0 fully saturated rings. The van der Waals surface area contributed by atoms with E-state index in [2.05, 4.69) is 0 Å². The predicted molar refractivity (Wildman–Crippen MR) is 50.3 cm³/mol. The summed E-state index contributed by atoms with van der Waals surface area (Å²) in [6.07, 6.45) is 0. The Morgan fingerprint density at radius 1 is 1.33 bits per heavy atom. The zero-order valence-electron chi connectivity index (χ0n) is 7.64. The number of benzene rings is 1. The highest BCUT2D eigenvalue weighted by Crippen LogP contribution is 2.18. The third-order valence-corrected chi connectivity index (χ3v) is 2.11. The van der Waals surface area contributed by atoms with Crippen LogP contribution in [0.5, 0.6) is 0 Å². The molecule has 1 rings (SSSR count). The largest absolute Gasteiger partial charge is 0.398 e. The molecule has 0 aliphatic carbocycles. The third kappa shape index (κ3) is 1.47. The van der Waals surface area contributed by atoms with Crippen molar-refractivity contribution in [3.05, 3.63) is 28.8 Å². The van der Waals surface area contributed by atoms with E-state index in [0.29, 0.717) is 11.3 Å². The van der Waals surface area contributed by atoms with E-state index >= 15 is 0 Å². The van der Waals surface area contributed by atoms with Crippen molar-refractivity contribution >= 4 is 11.5 Å². The lowest BCUT2D eigenvalue weighted by Gasteiger charge is -2.05. The van der Waals surface area contributed by atoms with Gasteiger partial charge >= 0.3 is 0 Å². The van der Waals surface area contributed by atoms with Gasteiger partial charge in [0.2, 0.25) is 0 Å². The van der Waals surface area contributed by atoms with Crippen molar-refractivity contribution in [3.63, 3.8) is 0 Å². The molecule has 2 N–H and O–H groups in total. The Morgan fingerprint density at radius 3 is 2.33 bits per heavy atom. The van der Waals surface area contributed by atoms with Gasteiger partial charge in [0.25, 0.3) is 0 Å². The van der Waals surface area contributed by atoms with Gasteiger partial charge in [0.1, 0.15) is 0 Å². The molecule has 0 saturated carbocycles. The van der Waals surface area contributed by atoms with Crippen LogP contribution < -0.4 is 5.73 Å². The first-order valence-electron chi connectivity index (χ1n) is 3.90. The van der Waals surface area contributed by atoms with Crippen molar-refractivity contribution in [1.29, 1.82) is 0 Å². The van der Waals surface area contributed by atoms with Crippen molar-refractivity contribution in [1.82, 2.24) is 0 Å². The van der Waals surface area contributed by atoms with Crippen LogP contribution in [0.1, 0.15) is 28.4 Å². The van der Waals surface area contributed by atoms with Crippen LogP contribution in [0, 0.1) is 13.8 Å². The minimum Gasteiger partial charge on any atom is -0.398 e. The van der Waals surface area contributed by atoms with Crippen molar-refractivity contribution in [2.24, 2.45) is 0 Å². The molecule has 0 aliphatic rings. The van der Waals surface area contributed by atoms with Crippen LogP contribution in [0.3, 0.4) is 0 Å². The zero-order chi connectivity index (χ0) is 9.30. The van der Waals surface area contributed by atoms with E-state index in [9.17, 15) is 4.79 Å². The summed E-state index contributed by atoms with van der Waals surface area (Å²) in [5.41, 5.74) is 9.22. The molecule has 0 atom stereocenters. The topological polar surface area (TPSA) is 43.1 Å². The number of carbonyl (C=O) groups excluding carboxylic acids is 1. The number of anilines is 1. The Balaban J connectivity index is 3.31. The fourth-order valence-corrected chi connectivity index (χ4v) is 1.09. The summed E-state index contributed by atoms with van der Waals surface area (Å²) < 4.78 is 0. The van der Waals surface area contributed by atoms with E-state index in [0.717, 1.165) is 11.1 Å². The average molecular weight is 163 g/mol. The van der Waals surface area contributed by atoms with E-state index in [1.165, 1.54) is 0 Å². The first kappa shape index (κ1) is 8.78. The van der Waals surface area contributed by atoms with E-state index in [1.807, 2.05) is 19.9 Å². The molecule has 0 unspecified atom stereocenters. The third-order valence-electron chi connectivity index (χ3n) is 2.11. The molecule has 12 heavy (non-hydrogen) atoms. The second-order valence-electron chi connectivity index (χ2n) is 3.06. The maximum atomic E-state index is 11.0. The van der Waals surface area contributed by atoms with Crippen molar-refractivity contribution in [2.45, 2.75) is 20.8 Å². The van der Waals surface area contributed by atoms with Gasteiger partial charge in [-0.05, 0) is 44.0 Å². The van der Waals surface area contributed by atoms with E-state index in [-0.39, 0.29) is 5.78 Å². The number of hydrogen-bond donors (Lipinski definition) is 1. The summed E-state index contributed by atoms with van der Waals surface area (Å²) in [6.45, 7) is 5.45. The monoisotopic (exact) mass is 163 g/mol. The molecule has 2 heteroatoms. The van der Waals surface area contributed by atoms with Crippen LogP contribution in [0.15, 0.2) is 12.1 Å². The maximum Gasteiger partial charge on any atom is 0.159 e. The highest BCUT2D eigenvalue weighted by Gasteiger charge is 2.04. The number of carbonyl (C=O) groups is 1. The Hall–Kier alpha value is -1.31.